The fraction of sp³-hybridized carbons (Fsp3) is 0.588. The number of likely N-dealkylation sites (tertiary alicyclic amines) is 1. The Morgan fingerprint density at radius 3 is 2.57 bits per heavy atom. The van der Waals surface area contributed by atoms with Crippen molar-refractivity contribution in [2.45, 2.75) is 24.9 Å². The van der Waals surface area contributed by atoms with E-state index in [4.69, 9.17) is 10.00 Å². The van der Waals surface area contributed by atoms with E-state index in [0.717, 1.165) is 25.9 Å². The van der Waals surface area contributed by atoms with Gasteiger partial charge in [-0.1, -0.05) is 18.6 Å². The van der Waals surface area contributed by atoms with Gasteiger partial charge >= 0.3 is 0 Å². The Labute approximate surface area is 125 Å². The average molecular weight is 288 g/mol. The van der Waals surface area contributed by atoms with Crippen molar-refractivity contribution in [2.24, 2.45) is 11.8 Å². The Hall–Kier alpha value is -1.44. The molecule has 21 heavy (non-hydrogen) atoms. The number of halogens is 1. The number of hydrogen-bond donors (Lipinski definition) is 0. The number of hydrogen-bond acceptors (Lipinski definition) is 3. The van der Waals surface area contributed by atoms with Crippen LogP contribution in [0.15, 0.2) is 18.2 Å². The number of rotatable bonds is 2. The molecule has 1 saturated carbocycles. The number of benzene rings is 1. The van der Waals surface area contributed by atoms with Crippen molar-refractivity contribution in [2.75, 3.05) is 27.2 Å². The first-order valence-corrected chi connectivity index (χ1v) is 7.56. The van der Waals surface area contributed by atoms with Gasteiger partial charge in [-0.15, -0.1) is 0 Å². The topological polar surface area (TPSA) is 36.3 Å². The minimum absolute atomic E-state index is 0.112. The fourth-order valence-electron chi connectivity index (χ4n) is 4.46. The molecule has 0 spiro atoms. The van der Waals surface area contributed by atoms with Crippen LogP contribution in [-0.2, 0) is 10.3 Å². The van der Waals surface area contributed by atoms with Gasteiger partial charge in [0.1, 0.15) is 17.5 Å². The molecule has 4 heteroatoms. The summed E-state index contributed by atoms with van der Waals surface area (Å²) in [6.45, 7) is 1.83. The van der Waals surface area contributed by atoms with Gasteiger partial charge < -0.3 is 9.64 Å². The molecule has 3 atom stereocenters. The van der Waals surface area contributed by atoms with Gasteiger partial charge in [-0.25, -0.2) is 4.39 Å². The predicted octanol–water partition coefficient (Wildman–Crippen LogP) is 2.90. The standard InChI is InChI=1S/C17H21FN2O/c1-20-10-13-6-4-7-14(11-20)17(13,21-2)15-8-3-5-12(9-19)16(15)18/h3,5,8,13-14H,4,6-7,10-11H2,1-2H3/t13-,14+,17?. The number of ether oxygens (including phenoxy) is 1. The summed E-state index contributed by atoms with van der Waals surface area (Å²) in [7, 11) is 3.81. The van der Waals surface area contributed by atoms with Crippen LogP contribution in [0.4, 0.5) is 4.39 Å². The van der Waals surface area contributed by atoms with Gasteiger partial charge in [-0.3, -0.25) is 0 Å². The van der Waals surface area contributed by atoms with E-state index in [2.05, 4.69) is 11.9 Å². The predicted molar refractivity (Wildman–Crippen MR) is 78.1 cm³/mol. The number of nitriles is 1. The van der Waals surface area contributed by atoms with E-state index in [1.54, 1.807) is 19.2 Å². The summed E-state index contributed by atoms with van der Waals surface area (Å²) in [6.07, 6.45) is 3.27. The van der Waals surface area contributed by atoms with Gasteiger partial charge in [-0.05, 0) is 26.0 Å². The maximum atomic E-state index is 14.8. The van der Waals surface area contributed by atoms with Gasteiger partial charge in [0, 0.05) is 37.6 Å². The van der Waals surface area contributed by atoms with Crippen molar-refractivity contribution < 1.29 is 9.13 Å². The van der Waals surface area contributed by atoms with Crippen molar-refractivity contribution >= 4 is 0 Å². The van der Waals surface area contributed by atoms with Gasteiger partial charge in [0.2, 0.25) is 0 Å². The van der Waals surface area contributed by atoms with E-state index >= 15 is 0 Å². The molecule has 0 aromatic heterocycles. The zero-order valence-corrected chi connectivity index (χ0v) is 12.6. The zero-order chi connectivity index (χ0) is 15.0. The van der Waals surface area contributed by atoms with Gasteiger partial charge in [0.05, 0.1) is 5.56 Å². The lowest BCUT2D eigenvalue weighted by molar-refractivity contribution is -0.167. The minimum Gasteiger partial charge on any atom is -0.373 e. The summed E-state index contributed by atoms with van der Waals surface area (Å²) < 4.78 is 20.8. The maximum Gasteiger partial charge on any atom is 0.147 e. The Kier molecular flexibility index (Phi) is 3.73. The molecule has 112 valence electrons. The largest absolute Gasteiger partial charge is 0.373 e. The van der Waals surface area contributed by atoms with E-state index in [9.17, 15) is 4.39 Å². The molecule has 1 unspecified atom stereocenters. The van der Waals surface area contributed by atoms with E-state index in [0.29, 0.717) is 5.56 Å². The highest BCUT2D eigenvalue weighted by molar-refractivity contribution is 5.39. The van der Waals surface area contributed by atoms with Crippen molar-refractivity contribution in [3.05, 3.63) is 35.1 Å². The van der Waals surface area contributed by atoms with Crippen LogP contribution in [-0.4, -0.2) is 32.1 Å². The third-order valence-corrected chi connectivity index (χ3v) is 5.26. The van der Waals surface area contributed by atoms with Crippen molar-refractivity contribution in [3.63, 3.8) is 0 Å². The number of fused-ring (bicyclic) bond motifs is 2. The molecule has 3 nitrogen and oxygen atoms in total. The van der Waals surface area contributed by atoms with E-state index in [1.807, 2.05) is 6.07 Å². The van der Waals surface area contributed by atoms with Crippen molar-refractivity contribution in [1.82, 2.24) is 4.90 Å². The quantitative estimate of drug-likeness (QED) is 0.839. The fourth-order valence-corrected chi connectivity index (χ4v) is 4.46. The smallest absolute Gasteiger partial charge is 0.147 e. The Bertz CT molecular complexity index is 567. The van der Waals surface area contributed by atoms with Crippen molar-refractivity contribution in [3.8, 4) is 6.07 Å². The number of piperidine rings is 1. The van der Waals surface area contributed by atoms with Crippen LogP contribution in [0.2, 0.25) is 0 Å². The highest BCUT2D eigenvalue weighted by Gasteiger charge is 2.53. The maximum absolute atomic E-state index is 14.8. The van der Waals surface area contributed by atoms with Gasteiger partial charge in [-0.2, -0.15) is 5.26 Å². The van der Waals surface area contributed by atoms with Crippen LogP contribution in [0.5, 0.6) is 0 Å². The highest BCUT2D eigenvalue weighted by Crippen LogP contribution is 2.51. The third-order valence-electron chi connectivity index (χ3n) is 5.26. The van der Waals surface area contributed by atoms with Gasteiger partial charge in [0.15, 0.2) is 0 Å². The number of nitrogens with zero attached hydrogens (tertiary/aromatic N) is 2. The molecule has 1 aromatic carbocycles. The Balaban J connectivity index is 2.15. The normalized spacial score (nSPS) is 32.7. The summed E-state index contributed by atoms with van der Waals surface area (Å²) >= 11 is 0. The van der Waals surface area contributed by atoms with Crippen molar-refractivity contribution in [1.29, 1.82) is 5.26 Å². The van der Waals surface area contributed by atoms with Gasteiger partial charge in [0.25, 0.3) is 0 Å². The van der Waals surface area contributed by atoms with E-state index in [1.165, 1.54) is 12.5 Å². The lowest BCUT2D eigenvalue weighted by Gasteiger charge is -2.54. The van der Waals surface area contributed by atoms with Crippen LogP contribution in [0.3, 0.4) is 0 Å². The molecule has 0 radical (unpaired) electrons. The van der Waals surface area contributed by atoms with Crippen LogP contribution in [0.1, 0.15) is 30.4 Å². The lowest BCUT2D eigenvalue weighted by atomic mass is 9.62. The van der Waals surface area contributed by atoms with Crippen LogP contribution >= 0.6 is 0 Å². The zero-order valence-electron chi connectivity index (χ0n) is 12.6. The van der Waals surface area contributed by atoms with Crippen LogP contribution in [0.25, 0.3) is 0 Å². The molecule has 2 fully saturated rings. The monoisotopic (exact) mass is 288 g/mol. The Morgan fingerprint density at radius 2 is 2.00 bits per heavy atom. The second-order valence-electron chi connectivity index (χ2n) is 6.32. The molecule has 3 rings (SSSR count). The first-order valence-electron chi connectivity index (χ1n) is 7.56. The molecular formula is C17H21FN2O. The SMILES string of the molecule is COC1(c2cccc(C#N)c2F)[C@@H]2CCC[C@H]1CN(C)C2. The molecule has 1 aliphatic heterocycles. The van der Waals surface area contributed by atoms with Crippen LogP contribution < -0.4 is 0 Å². The Morgan fingerprint density at radius 1 is 1.33 bits per heavy atom. The minimum atomic E-state index is -0.582. The summed E-state index contributed by atoms with van der Waals surface area (Å²) in [4.78, 5) is 2.32. The molecule has 0 N–H and O–H groups in total. The molecule has 2 aliphatic rings. The second-order valence-corrected chi connectivity index (χ2v) is 6.32. The second kappa shape index (κ2) is 5.40. The summed E-state index contributed by atoms with van der Waals surface area (Å²) in [6, 6.07) is 7.06. The third kappa shape index (κ3) is 2.07. The lowest BCUT2D eigenvalue weighted by Crippen LogP contribution is -2.58. The average Bonchev–Trinajstić information content (AvgIpc) is 2.47. The summed E-state index contributed by atoms with van der Waals surface area (Å²) in [5, 5.41) is 9.10. The number of methoxy groups -OCH3 is 1. The first kappa shape index (κ1) is 14.5. The molecule has 1 heterocycles. The first-order chi connectivity index (χ1) is 10.1. The summed E-state index contributed by atoms with van der Waals surface area (Å²) in [5.74, 6) is 0.162. The molecule has 2 bridgehead atoms. The van der Waals surface area contributed by atoms with E-state index in [-0.39, 0.29) is 17.4 Å². The van der Waals surface area contributed by atoms with E-state index < -0.39 is 11.4 Å². The molecule has 1 saturated heterocycles. The molecular weight excluding hydrogens is 267 g/mol. The molecule has 0 amide bonds. The molecule has 1 aliphatic carbocycles. The highest BCUT2D eigenvalue weighted by atomic mass is 19.1. The van der Waals surface area contributed by atoms with Crippen LogP contribution in [0, 0.1) is 29.0 Å². The summed E-state index contributed by atoms with van der Waals surface area (Å²) in [5.41, 5.74) is 0.106. The molecule has 1 aromatic rings.